The number of guanidine groups is 1. The first-order chi connectivity index (χ1) is 14.6. The first-order valence-corrected chi connectivity index (χ1v) is 10.6. The fourth-order valence-corrected chi connectivity index (χ4v) is 3.71. The largest absolute Gasteiger partial charge is 0.496 e. The number of nitrogens with one attached hydrogen (secondary N) is 1. The van der Waals surface area contributed by atoms with E-state index in [0.717, 1.165) is 61.6 Å². The number of rotatable bonds is 8. The van der Waals surface area contributed by atoms with Crippen molar-refractivity contribution >= 4 is 5.96 Å². The molecule has 1 aromatic heterocycles. The number of para-hydroxylation sites is 1. The van der Waals surface area contributed by atoms with Crippen LogP contribution in [0, 0.1) is 6.92 Å². The summed E-state index contributed by atoms with van der Waals surface area (Å²) in [5.41, 5.74) is 1.12. The van der Waals surface area contributed by atoms with Crippen molar-refractivity contribution in [3.05, 3.63) is 53.5 Å². The van der Waals surface area contributed by atoms with Gasteiger partial charge in [-0.25, -0.2) is 0 Å². The van der Waals surface area contributed by atoms with Gasteiger partial charge < -0.3 is 24.1 Å². The quantitative estimate of drug-likeness (QED) is 0.529. The van der Waals surface area contributed by atoms with Crippen LogP contribution in [0.15, 0.2) is 45.8 Å². The van der Waals surface area contributed by atoms with Crippen LogP contribution in [0.3, 0.4) is 0 Å². The predicted molar refractivity (Wildman–Crippen MR) is 119 cm³/mol. The molecular weight excluding hydrogens is 380 g/mol. The van der Waals surface area contributed by atoms with E-state index in [1.807, 2.05) is 31.2 Å². The lowest BCUT2D eigenvalue weighted by molar-refractivity contribution is 0.0135. The number of nitrogens with zero attached hydrogens (tertiary/aromatic N) is 3. The number of morpholine rings is 1. The van der Waals surface area contributed by atoms with Gasteiger partial charge in [-0.15, -0.1) is 0 Å². The van der Waals surface area contributed by atoms with E-state index in [9.17, 15) is 0 Å². The molecule has 0 amide bonds. The van der Waals surface area contributed by atoms with Gasteiger partial charge in [0, 0.05) is 38.8 Å². The molecule has 30 heavy (non-hydrogen) atoms. The molecule has 164 valence electrons. The first kappa shape index (κ1) is 22.2. The van der Waals surface area contributed by atoms with E-state index < -0.39 is 0 Å². The maximum absolute atomic E-state index is 5.98. The van der Waals surface area contributed by atoms with Gasteiger partial charge in [0.15, 0.2) is 5.96 Å². The highest BCUT2D eigenvalue weighted by Crippen LogP contribution is 2.25. The number of aliphatic imine (C=N–C) groups is 1. The number of hydrogen-bond acceptors (Lipinski definition) is 5. The van der Waals surface area contributed by atoms with Gasteiger partial charge in [-0.05, 0) is 32.0 Å². The average Bonchev–Trinajstić information content (AvgIpc) is 3.20. The van der Waals surface area contributed by atoms with Gasteiger partial charge in [-0.3, -0.25) is 9.89 Å². The third-order valence-corrected chi connectivity index (χ3v) is 5.29. The summed E-state index contributed by atoms with van der Waals surface area (Å²) in [5, 5.41) is 3.42. The Morgan fingerprint density at radius 3 is 2.67 bits per heavy atom. The zero-order valence-corrected chi connectivity index (χ0v) is 18.6. The van der Waals surface area contributed by atoms with Crippen LogP contribution in [-0.2, 0) is 11.3 Å². The highest BCUT2D eigenvalue weighted by molar-refractivity contribution is 5.79. The first-order valence-electron chi connectivity index (χ1n) is 10.6. The third-order valence-electron chi connectivity index (χ3n) is 5.29. The summed E-state index contributed by atoms with van der Waals surface area (Å²) in [5.74, 6) is 3.64. The molecule has 0 radical (unpaired) electrons. The fourth-order valence-electron chi connectivity index (χ4n) is 3.71. The lowest BCUT2D eigenvalue weighted by Crippen LogP contribution is -2.42. The van der Waals surface area contributed by atoms with Crippen LogP contribution in [0.1, 0.15) is 30.0 Å². The summed E-state index contributed by atoms with van der Waals surface area (Å²) in [7, 11) is 3.76. The van der Waals surface area contributed by atoms with E-state index in [-0.39, 0.29) is 6.04 Å². The maximum atomic E-state index is 5.98. The summed E-state index contributed by atoms with van der Waals surface area (Å²) < 4.78 is 17.0. The van der Waals surface area contributed by atoms with Crippen molar-refractivity contribution in [3.63, 3.8) is 0 Å². The molecule has 1 aliphatic heterocycles. The lowest BCUT2D eigenvalue weighted by atomic mass is 10.1. The van der Waals surface area contributed by atoms with Crippen molar-refractivity contribution in [3.8, 4) is 5.75 Å². The molecule has 1 N–H and O–H groups in total. The van der Waals surface area contributed by atoms with Crippen molar-refractivity contribution in [2.45, 2.75) is 26.4 Å². The van der Waals surface area contributed by atoms with Gasteiger partial charge in [-0.1, -0.05) is 18.2 Å². The van der Waals surface area contributed by atoms with Gasteiger partial charge in [0.05, 0.1) is 32.9 Å². The van der Waals surface area contributed by atoms with E-state index in [1.54, 1.807) is 7.11 Å². The second kappa shape index (κ2) is 11.0. The average molecular weight is 415 g/mol. The van der Waals surface area contributed by atoms with Gasteiger partial charge in [0.2, 0.25) is 0 Å². The number of furan rings is 1. The summed E-state index contributed by atoms with van der Waals surface area (Å²) in [4.78, 5) is 9.50. The molecule has 1 atom stereocenters. The van der Waals surface area contributed by atoms with Crippen molar-refractivity contribution in [2.75, 3.05) is 53.6 Å². The minimum atomic E-state index is 0.0934. The van der Waals surface area contributed by atoms with Crippen molar-refractivity contribution in [1.82, 2.24) is 15.1 Å². The topological polar surface area (TPSA) is 62.5 Å². The minimum Gasteiger partial charge on any atom is -0.496 e. The second-order valence-electron chi connectivity index (χ2n) is 7.48. The zero-order valence-electron chi connectivity index (χ0n) is 18.6. The predicted octanol–water partition coefficient (Wildman–Crippen LogP) is 3.07. The number of aryl methyl sites for hydroxylation is 1. The van der Waals surface area contributed by atoms with Gasteiger partial charge in [-0.2, -0.15) is 0 Å². The fraction of sp³-hybridized carbons (Fsp3) is 0.522. The Bertz CT molecular complexity index is 814. The molecule has 1 fully saturated rings. The van der Waals surface area contributed by atoms with Crippen LogP contribution in [-0.4, -0.2) is 69.3 Å². The Hall–Kier alpha value is -2.51. The van der Waals surface area contributed by atoms with Crippen molar-refractivity contribution in [1.29, 1.82) is 0 Å². The Morgan fingerprint density at radius 1 is 1.23 bits per heavy atom. The summed E-state index contributed by atoms with van der Waals surface area (Å²) in [6.07, 6.45) is 0. The smallest absolute Gasteiger partial charge is 0.194 e. The molecule has 0 aliphatic carbocycles. The number of hydrogen-bond donors (Lipinski definition) is 1. The normalized spacial score (nSPS) is 16.3. The van der Waals surface area contributed by atoms with E-state index in [0.29, 0.717) is 13.1 Å². The summed E-state index contributed by atoms with van der Waals surface area (Å²) >= 11 is 0. The number of ether oxygens (including phenoxy) is 2. The molecule has 1 aromatic carbocycles. The van der Waals surface area contributed by atoms with E-state index in [2.05, 4.69) is 41.2 Å². The number of methoxy groups -OCH3 is 1. The van der Waals surface area contributed by atoms with Crippen LogP contribution >= 0.6 is 0 Å². The molecule has 1 aliphatic rings. The molecule has 7 nitrogen and oxygen atoms in total. The molecule has 0 saturated carbocycles. The van der Waals surface area contributed by atoms with Gasteiger partial charge in [0.1, 0.15) is 17.3 Å². The van der Waals surface area contributed by atoms with Crippen LogP contribution in [0.5, 0.6) is 5.75 Å². The zero-order chi connectivity index (χ0) is 21.3. The van der Waals surface area contributed by atoms with Crippen LogP contribution in [0.4, 0.5) is 0 Å². The highest BCUT2D eigenvalue weighted by atomic mass is 16.5. The van der Waals surface area contributed by atoms with Crippen LogP contribution < -0.4 is 10.1 Å². The Balaban J connectivity index is 1.77. The standard InChI is InChI=1S/C23H34N4O3/c1-5-24-23(26(3)17-19-8-6-7-9-21(19)28-4)25-16-20(22-11-10-18(2)30-22)27-12-14-29-15-13-27/h6-11,20H,5,12-17H2,1-4H3,(H,24,25). The monoisotopic (exact) mass is 414 g/mol. The summed E-state index contributed by atoms with van der Waals surface area (Å²) in [6, 6.07) is 12.3. The SMILES string of the molecule is CCNC(=NCC(c1ccc(C)o1)N1CCOCC1)N(C)Cc1ccccc1OC. The Labute approximate surface area is 179 Å². The van der Waals surface area contributed by atoms with Crippen molar-refractivity contribution in [2.24, 2.45) is 4.99 Å². The number of benzene rings is 1. The molecule has 2 aromatic rings. The maximum Gasteiger partial charge on any atom is 0.194 e. The Kier molecular flexibility index (Phi) is 8.16. The van der Waals surface area contributed by atoms with Crippen LogP contribution in [0.25, 0.3) is 0 Å². The molecule has 0 bridgehead atoms. The third kappa shape index (κ3) is 5.77. The van der Waals surface area contributed by atoms with Crippen molar-refractivity contribution < 1.29 is 13.9 Å². The Morgan fingerprint density at radius 2 is 2.00 bits per heavy atom. The molecule has 7 heteroatoms. The minimum absolute atomic E-state index is 0.0934. The molecule has 3 rings (SSSR count). The highest BCUT2D eigenvalue weighted by Gasteiger charge is 2.25. The second-order valence-corrected chi connectivity index (χ2v) is 7.48. The van der Waals surface area contributed by atoms with Gasteiger partial charge >= 0.3 is 0 Å². The molecular formula is C23H34N4O3. The molecule has 1 unspecified atom stereocenters. The summed E-state index contributed by atoms with van der Waals surface area (Å²) in [6.45, 7) is 9.44. The molecule has 0 spiro atoms. The van der Waals surface area contributed by atoms with Crippen LogP contribution in [0.2, 0.25) is 0 Å². The van der Waals surface area contributed by atoms with E-state index in [1.165, 1.54) is 0 Å². The van der Waals surface area contributed by atoms with E-state index >= 15 is 0 Å². The van der Waals surface area contributed by atoms with E-state index in [4.69, 9.17) is 18.9 Å². The lowest BCUT2D eigenvalue weighted by Gasteiger charge is -2.33. The van der Waals surface area contributed by atoms with Gasteiger partial charge in [0.25, 0.3) is 0 Å². The molecule has 2 heterocycles. The molecule has 1 saturated heterocycles.